The zero-order valence-electron chi connectivity index (χ0n) is 14.8. The van der Waals surface area contributed by atoms with Gasteiger partial charge < -0.3 is 15.1 Å². The summed E-state index contributed by atoms with van der Waals surface area (Å²) in [5.41, 5.74) is 0. The van der Waals surface area contributed by atoms with Crippen molar-refractivity contribution in [3.8, 4) is 0 Å². The van der Waals surface area contributed by atoms with E-state index in [1.165, 1.54) is 48.8 Å². The van der Waals surface area contributed by atoms with Crippen molar-refractivity contribution in [2.45, 2.75) is 49.5 Å². The number of fused-ring (bicyclic) bond motifs is 2. The van der Waals surface area contributed by atoms with Crippen LogP contribution in [0.2, 0.25) is 0 Å². The second kappa shape index (κ2) is 8.00. The Hall–Kier alpha value is -1.54. The van der Waals surface area contributed by atoms with Crippen LogP contribution in [0.4, 0.5) is 5.13 Å². The maximum absolute atomic E-state index is 12.3. The van der Waals surface area contributed by atoms with Gasteiger partial charge in [0.2, 0.25) is 11.0 Å². The zero-order chi connectivity index (χ0) is 17.9. The lowest BCUT2D eigenvalue weighted by Gasteiger charge is -2.28. The molecule has 2 N–H and O–H groups in total. The van der Waals surface area contributed by atoms with Crippen LogP contribution in [-0.4, -0.2) is 27.9 Å². The molecule has 6 nitrogen and oxygen atoms in total. The van der Waals surface area contributed by atoms with E-state index in [2.05, 4.69) is 27.8 Å². The van der Waals surface area contributed by atoms with Gasteiger partial charge in [-0.05, 0) is 56.1 Å². The smallest absolute Gasteiger partial charge is 0.230 e. The third kappa shape index (κ3) is 4.23. The fourth-order valence-corrected chi connectivity index (χ4v) is 5.91. The molecule has 2 heterocycles. The van der Waals surface area contributed by atoms with Crippen LogP contribution in [0.25, 0.3) is 0 Å². The number of hydrogen-bond acceptors (Lipinski definition) is 7. The molecule has 0 radical (unpaired) electrons. The molecule has 26 heavy (non-hydrogen) atoms. The highest BCUT2D eigenvalue weighted by atomic mass is 32.2. The van der Waals surface area contributed by atoms with Gasteiger partial charge >= 0.3 is 0 Å². The number of nitrogens with one attached hydrogen (secondary N) is 2. The first kappa shape index (κ1) is 17.9. The van der Waals surface area contributed by atoms with Gasteiger partial charge in [-0.3, -0.25) is 4.79 Å². The van der Waals surface area contributed by atoms with E-state index in [4.69, 9.17) is 4.42 Å². The predicted molar refractivity (Wildman–Crippen MR) is 103 cm³/mol. The highest BCUT2D eigenvalue weighted by Gasteiger charge is 2.42. The molecular formula is C18H24N4O2S2. The van der Waals surface area contributed by atoms with Crippen molar-refractivity contribution in [3.05, 3.63) is 24.2 Å². The third-order valence-electron chi connectivity index (χ3n) is 5.55. The third-order valence-corrected chi connectivity index (χ3v) is 7.57. The first-order chi connectivity index (χ1) is 12.7. The molecule has 0 aromatic carbocycles. The summed E-state index contributed by atoms with van der Waals surface area (Å²) < 4.78 is 6.07. The number of amides is 1. The molecule has 2 aliphatic carbocycles. The van der Waals surface area contributed by atoms with Crippen LogP contribution < -0.4 is 10.6 Å². The minimum Gasteiger partial charge on any atom is -0.467 e. The highest BCUT2D eigenvalue weighted by molar-refractivity contribution is 8.01. The SMILES string of the molecule is C[C@@H](NC(=O)CSc1nnc(NCc2ccco2)s1)[C@H]1C[C@H]2CC[C@H]1C2. The maximum Gasteiger partial charge on any atom is 0.230 e. The number of carbonyl (C=O) groups is 1. The maximum atomic E-state index is 12.3. The van der Waals surface area contributed by atoms with Gasteiger partial charge in [-0.25, -0.2) is 0 Å². The molecule has 0 saturated heterocycles. The lowest BCUT2D eigenvalue weighted by atomic mass is 9.84. The van der Waals surface area contributed by atoms with Gasteiger partial charge in [0, 0.05) is 6.04 Å². The normalized spacial score (nSPS) is 25.3. The molecule has 0 aliphatic heterocycles. The summed E-state index contributed by atoms with van der Waals surface area (Å²) in [5.74, 6) is 3.73. The van der Waals surface area contributed by atoms with Gasteiger partial charge in [0.05, 0.1) is 18.6 Å². The summed E-state index contributed by atoms with van der Waals surface area (Å²) in [5, 5.41) is 15.3. The number of hydrogen-bond donors (Lipinski definition) is 2. The van der Waals surface area contributed by atoms with Crippen molar-refractivity contribution in [2.75, 3.05) is 11.1 Å². The second-order valence-electron chi connectivity index (χ2n) is 7.29. The van der Waals surface area contributed by atoms with E-state index in [9.17, 15) is 4.79 Å². The Kier molecular flexibility index (Phi) is 5.49. The number of anilines is 1. The lowest BCUT2D eigenvalue weighted by Crippen LogP contribution is -2.40. The Balaban J connectivity index is 1.19. The molecule has 0 spiro atoms. The van der Waals surface area contributed by atoms with E-state index in [1.54, 1.807) is 6.26 Å². The molecule has 8 heteroatoms. The molecule has 2 fully saturated rings. The molecule has 2 saturated carbocycles. The van der Waals surface area contributed by atoms with Crippen molar-refractivity contribution in [1.29, 1.82) is 0 Å². The summed E-state index contributed by atoms with van der Waals surface area (Å²) in [6.07, 6.45) is 7.06. The van der Waals surface area contributed by atoms with Crippen molar-refractivity contribution >= 4 is 34.1 Å². The number of rotatable bonds is 8. The molecule has 0 unspecified atom stereocenters. The van der Waals surface area contributed by atoms with E-state index >= 15 is 0 Å². The van der Waals surface area contributed by atoms with Gasteiger partial charge in [0.15, 0.2) is 4.34 Å². The van der Waals surface area contributed by atoms with Crippen LogP contribution in [0, 0.1) is 17.8 Å². The van der Waals surface area contributed by atoms with Crippen molar-refractivity contribution in [3.63, 3.8) is 0 Å². The summed E-state index contributed by atoms with van der Waals surface area (Å²) in [6.45, 7) is 2.74. The van der Waals surface area contributed by atoms with Crippen molar-refractivity contribution < 1.29 is 9.21 Å². The van der Waals surface area contributed by atoms with E-state index < -0.39 is 0 Å². The summed E-state index contributed by atoms with van der Waals surface area (Å²) in [4.78, 5) is 12.3. The van der Waals surface area contributed by atoms with Crippen LogP contribution in [0.3, 0.4) is 0 Å². The molecular weight excluding hydrogens is 368 g/mol. The molecule has 2 aromatic heterocycles. The van der Waals surface area contributed by atoms with Gasteiger partial charge in [0.25, 0.3) is 0 Å². The molecule has 140 valence electrons. The van der Waals surface area contributed by atoms with Crippen LogP contribution in [0.15, 0.2) is 27.2 Å². The van der Waals surface area contributed by atoms with Crippen LogP contribution in [0.1, 0.15) is 38.4 Å². The number of furan rings is 1. The van der Waals surface area contributed by atoms with E-state index in [1.807, 2.05) is 12.1 Å². The van der Waals surface area contributed by atoms with E-state index in [-0.39, 0.29) is 11.9 Å². The Labute approximate surface area is 161 Å². The zero-order valence-corrected chi connectivity index (χ0v) is 16.4. The molecule has 2 aromatic rings. The van der Waals surface area contributed by atoms with Gasteiger partial charge in [-0.15, -0.1) is 10.2 Å². The summed E-state index contributed by atoms with van der Waals surface area (Å²) in [7, 11) is 0. The minimum absolute atomic E-state index is 0.0885. The standard InChI is InChI=1S/C18H24N4O2S2/c1-11(15-8-12-4-5-13(15)7-12)20-16(23)10-25-18-22-21-17(26-18)19-9-14-3-2-6-24-14/h2-3,6,11-13,15H,4-5,7-10H2,1H3,(H,19,21)(H,20,23)/t11-,12+,13+,15-/m1/s1. The number of nitrogens with zero attached hydrogens (tertiary/aromatic N) is 2. The van der Waals surface area contributed by atoms with Crippen molar-refractivity contribution in [1.82, 2.24) is 15.5 Å². The predicted octanol–water partition coefficient (Wildman–Crippen LogP) is 3.78. The summed E-state index contributed by atoms with van der Waals surface area (Å²) in [6, 6.07) is 4.04. The number of aromatic nitrogens is 2. The van der Waals surface area contributed by atoms with Crippen LogP contribution >= 0.6 is 23.1 Å². The second-order valence-corrected chi connectivity index (χ2v) is 9.49. The summed E-state index contributed by atoms with van der Waals surface area (Å²) >= 11 is 2.90. The van der Waals surface area contributed by atoms with Crippen molar-refractivity contribution in [2.24, 2.45) is 17.8 Å². The average Bonchev–Trinajstić information content (AvgIpc) is 3.43. The van der Waals surface area contributed by atoms with Gasteiger partial charge in [0.1, 0.15) is 5.76 Å². The molecule has 2 aliphatic rings. The Morgan fingerprint density at radius 2 is 2.35 bits per heavy atom. The molecule has 1 amide bonds. The monoisotopic (exact) mass is 392 g/mol. The largest absolute Gasteiger partial charge is 0.467 e. The lowest BCUT2D eigenvalue weighted by molar-refractivity contribution is -0.119. The molecule has 2 bridgehead atoms. The van der Waals surface area contributed by atoms with Crippen LogP contribution in [0.5, 0.6) is 0 Å². The van der Waals surface area contributed by atoms with Gasteiger partial charge in [-0.2, -0.15) is 0 Å². The number of thioether (sulfide) groups is 1. The molecule has 4 rings (SSSR count). The Bertz CT molecular complexity index is 733. The fourth-order valence-electron chi connectivity index (χ4n) is 4.35. The quantitative estimate of drug-likeness (QED) is 0.666. The first-order valence-electron chi connectivity index (χ1n) is 9.19. The minimum atomic E-state index is 0.0885. The van der Waals surface area contributed by atoms with Crippen LogP contribution in [-0.2, 0) is 11.3 Å². The highest BCUT2D eigenvalue weighted by Crippen LogP contribution is 2.49. The fraction of sp³-hybridized carbons (Fsp3) is 0.611. The number of carbonyl (C=O) groups excluding carboxylic acids is 1. The Morgan fingerprint density at radius 1 is 1.42 bits per heavy atom. The molecule has 4 atom stereocenters. The first-order valence-corrected chi connectivity index (χ1v) is 11.0. The Morgan fingerprint density at radius 3 is 3.08 bits per heavy atom. The van der Waals surface area contributed by atoms with E-state index in [0.29, 0.717) is 18.2 Å². The average molecular weight is 393 g/mol. The van der Waals surface area contributed by atoms with E-state index in [0.717, 1.165) is 27.1 Å². The topological polar surface area (TPSA) is 80.0 Å². The van der Waals surface area contributed by atoms with Gasteiger partial charge in [-0.1, -0.05) is 29.5 Å².